The summed E-state index contributed by atoms with van der Waals surface area (Å²) >= 11 is 0. The number of carboxylic acids is 1. The van der Waals surface area contributed by atoms with Gasteiger partial charge >= 0.3 is 5.97 Å². The number of guanidine groups is 1. The summed E-state index contributed by atoms with van der Waals surface area (Å²) in [5.41, 5.74) is 17.2. The highest BCUT2D eigenvalue weighted by Crippen LogP contribution is 2.12. The molecule has 0 spiro atoms. The van der Waals surface area contributed by atoms with E-state index in [1.807, 2.05) is 13.8 Å². The molecule has 0 radical (unpaired) electrons. The first-order valence-corrected chi connectivity index (χ1v) is 11.6. The largest absolute Gasteiger partial charge is 0.508 e. The van der Waals surface area contributed by atoms with Crippen LogP contribution in [0.1, 0.15) is 38.7 Å². The van der Waals surface area contributed by atoms with Gasteiger partial charge < -0.3 is 43.4 Å². The van der Waals surface area contributed by atoms with Crippen LogP contribution in [0.15, 0.2) is 29.3 Å². The molecule has 3 amide bonds. The lowest BCUT2D eigenvalue weighted by Crippen LogP contribution is -2.56. The highest BCUT2D eigenvalue weighted by molar-refractivity contribution is 5.93. The molecule has 0 bridgehead atoms. The fraction of sp³-hybridized carbons (Fsp3) is 0.522. The van der Waals surface area contributed by atoms with Crippen molar-refractivity contribution in [3.63, 3.8) is 0 Å². The molecule has 1 rings (SSSR count). The fourth-order valence-corrected chi connectivity index (χ4v) is 3.27. The van der Waals surface area contributed by atoms with E-state index in [0.717, 1.165) is 0 Å². The van der Waals surface area contributed by atoms with Gasteiger partial charge in [0.05, 0.1) is 6.04 Å². The van der Waals surface area contributed by atoms with Crippen molar-refractivity contribution in [3.8, 4) is 5.75 Å². The predicted octanol–water partition coefficient (Wildman–Crippen LogP) is -1.47. The van der Waals surface area contributed by atoms with E-state index in [-0.39, 0.29) is 36.9 Å². The fourth-order valence-electron chi connectivity index (χ4n) is 3.27. The van der Waals surface area contributed by atoms with E-state index < -0.39 is 48.4 Å². The Morgan fingerprint density at radius 1 is 0.972 bits per heavy atom. The van der Waals surface area contributed by atoms with Crippen LogP contribution in [0, 0.1) is 5.92 Å². The number of hydrogen-bond donors (Lipinski definition) is 8. The summed E-state index contributed by atoms with van der Waals surface area (Å²) in [5, 5.41) is 25.9. The normalized spacial score (nSPS) is 13.2. The van der Waals surface area contributed by atoms with Crippen LogP contribution in [-0.2, 0) is 25.6 Å². The molecule has 0 aliphatic carbocycles. The molecule has 200 valence electrons. The standard InChI is InChI=1S/C23H37N7O6/c1-13(2)10-17(21(35)28-12-19(32)33)30-22(36)18(11-14-5-7-15(31)8-6-14)29-20(34)16(24)4-3-9-27-23(25)26/h5-8,13,16-18,31H,3-4,9-12,24H2,1-2H3,(H,28,35)(H,29,34)(H,30,36)(H,32,33)(H4,25,26,27). The Balaban J connectivity index is 2.99. The first-order chi connectivity index (χ1) is 16.9. The van der Waals surface area contributed by atoms with Crippen LogP contribution in [0.3, 0.4) is 0 Å². The van der Waals surface area contributed by atoms with Gasteiger partial charge in [0.1, 0.15) is 24.4 Å². The van der Waals surface area contributed by atoms with Gasteiger partial charge in [-0.1, -0.05) is 26.0 Å². The van der Waals surface area contributed by atoms with Gasteiger partial charge in [-0.25, -0.2) is 0 Å². The Morgan fingerprint density at radius 2 is 1.58 bits per heavy atom. The molecule has 36 heavy (non-hydrogen) atoms. The minimum absolute atomic E-state index is 0.00894. The van der Waals surface area contributed by atoms with Crippen LogP contribution in [0.25, 0.3) is 0 Å². The summed E-state index contributed by atoms with van der Waals surface area (Å²) in [6, 6.07) is 3.06. The maximum absolute atomic E-state index is 13.2. The zero-order valence-electron chi connectivity index (χ0n) is 20.6. The number of phenolic OH excluding ortho intramolecular Hbond substituents is 1. The predicted molar refractivity (Wildman–Crippen MR) is 134 cm³/mol. The molecule has 13 nitrogen and oxygen atoms in total. The Bertz CT molecular complexity index is 916. The average molecular weight is 508 g/mol. The lowest BCUT2D eigenvalue weighted by molar-refractivity contribution is -0.138. The molecule has 0 aliphatic rings. The number of phenols is 1. The quantitative estimate of drug-likeness (QED) is 0.0784. The number of amides is 3. The molecule has 0 aromatic heterocycles. The number of carboxylic acid groups (broad SMARTS) is 1. The smallest absolute Gasteiger partial charge is 0.322 e. The zero-order valence-corrected chi connectivity index (χ0v) is 20.6. The summed E-state index contributed by atoms with van der Waals surface area (Å²) in [6.07, 6.45) is 1.02. The maximum Gasteiger partial charge on any atom is 0.322 e. The molecular weight excluding hydrogens is 470 g/mol. The van der Waals surface area contributed by atoms with Crippen LogP contribution < -0.4 is 33.2 Å². The number of nitrogens with zero attached hydrogens (tertiary/aromatic N) is 1. The van der Waals surface area contributed by atoms with Gasteiger partial charge in [-0.05, 0) is 42.9 Å². The van der Waals surface area contributed by atoms with Crippen LogP contribution in [0.4, 0.5) is 0 Å². The summed E-state index contributed by atoms with van der Waals surface area (Å²) in [5.74, 6) is -3.10. The summed E-state index contributed by atoms with van der Waals surface area (Å²) in [7, 11) is 0. The van der Waals surface area contributed by atoms with Crippen molar-refractivity contribution in [1.82, 2.24) is 16.0 Å². The van der Waals surface area contributed by atoms with Crippen LogP contribution in [-0.4, -0.2) is 71.1 Å². The van der Waals surface area contributed by atoms with E-state index in [9.17, 15) is 24.3 Å². The first kappa shape index (κ1) is 30.2. The van der Waals surface area contributed by atoms with Crippen LogP contribution in [0.2, 0.25) is 0 Å². The number of carbonyl (C=O) groups is 4. The lowest BCUT2D eigenvalue weighted by atomic mass is 10.0. The molecule has 3 atom stereocenters. The number of carbonyl (C=O) groups excluding carboxylic acids is 3. The SMILES string of the molecule is CC(C)CC(NC(=O)C(Cc1ccc(O)cc1)NC(=O)C(N)CCCN=C(N)N)C(=O)NCC(=O)O. The van der Waals surface area contributed by atoms with Crippen LogP contribution in [0.5, 0.6) is 5.75 Å². The molecule has 3 unspecified atom stereocenters. The highest BCUT2D eigenvalue weighted by Gasteiger charge is 2.29. The molecule has 1 aromatic rings. The van der Waals surface area contributed by atoms with Crippen molar-refractivity contribution in [3.05, 3.63) is 29.8 Å². The monoisotopic (exact) mass is 507 g/mol. The molecule has 11 N–H and O–H groups in total. The van der Waals surface area contributed by atoms with Gasteiger partial charge in [0.15, 0.2) is 5.96 Å². The van der Waals surface area contributed by atoms with Crippen molar-refractivity contribution in [2.75, 3.05) is 13.1 Å². The van der Waals surface area contributed by atoms with E-state index >= 15 is 0 Å². The maximum atomic E-state index is 13.2. The topological polar surface area (TPSA) is 235 Å². The number of hydrogen-bond acceptors (Lipinski definition) is 7. The molecule has 0 saturated heterocycles. The van der Waals surface area contributed by atoms with Gasteiger partial charge in [0, 0.05) is 13.0 Å². The second-order valence-electron chi connectivity index (χ2n) is 8.79. The molecule has 13 heteroatoms. The van der Waals surface area contributed by atoms with E-state index in [4.69, 9.17) is 22.3 Å². The third-order valence-electron chi connectivity index (χ3n) is 5.07. The minimum atomic E-state index is -1.22. The van der Waals surface area contributed by atoms with Crippen molar-refractivity contribution < 1.29 is 29.4 Å². The van der Waals surface area contributed by atoms with Gasteiger partial charge in [-0.3, -0.25) is 24.2 Å². The van der Waals surface area contributed by atoms with Crippen molar-refractivity contribution in [1.29, 1.82) is 0 Å². The second kappa shape index (κ2) is 15.2. The molecule has 0 saturated carbocycles. The first-order valence-electron chi connectivity index (χ1n) is 11.6. The summed E-state index contributed by atoms with van der Waals surface area (Å²) < 4.78 is 0. The molecule has 0 fully saturated rings. The van der Waals surface area contributed by atoms with E-state index in [1.54, 1.807) is 12.1 Å². The Kier molecular flexibility index (Phi) is 12.7. The van der Waals surface area contributed by atoms with Gasteiger partial charge in [0.2, 0.25) is 17.7 Å². The molecule has 0 heterocycles. The van der Waals surface area contributed by atoms with E-state index in [2.05, 4.69) is 20.9 Å². The van der Waals surface area contributed by atoms with E-state index in [1.165, 1.54) is 12.1 Å². The number of aliphatic imine (C=N–C) groups is 1. The third kappa shape index (κ3) is 12.0. The van der Waals surface area contributed by atoms with E-state index in [0.29, 0.717) is 18.5 Å². The number of nitrogens with two attached hydrogens (primary N) is 3. The number of benzene rings is 1. The Hall–Kier alpha value is -3.87. The van der Waals surface area contributed by atoms with Crippen molar-refractivity contribution in [2.45, 2.75) is 57.7 Å². The summed E-state index contributed by atoms with van der Waals surface area (Å²) in [6.45, 7) is 3.40. The van der Waals surface area contributed by atoms with Gasteiger partial charge in [-0.2, -0.15) is 0 Å². The number of nitrogens with one attached hydrogen (secondary N) is 3. The molecule has 1 aromatic carbocycles. The number of rotatable bonds is 15. The summed E-state index contributed by atoms with van der Waals surface area (Å²) in [4.78, 5) is 53.1. The highest BCUT2D eigenvalue weighted by atomic mass is 16.4. The number of aromatic hydroxyl groups is 1. The molecule has 0 aliphatic heterocycles. The Morgan fingerprint density at radius 3 is 2.14 bits per heavy atom. The van der Waals surface area contributed by atoms with Gasteiger partial charge in [0.25, 0.3) is 0 Å². The number of aliphatic carboxylic acids is 1. The molecular formula is C23H37N7O6. The minimum Gasteiger partial charge on any atom is -0.508 e. The Labute approximate surface area is 209 Å². The zero-order chi connectivity index (χ0) is 27.3. The van der Waals surface area contributed by atoms with Crippen LogP contribution >= 0.6 is 0 Å². The van der Waals surface area contributed by atoms with Crippen molar-refractivity contribution >= 4 is 29.7 Å². The second-order valence-corrected chi connectivity index (χ2v) is 8.79. The lowest BCUT2D eigenvalue weighted by Gasteiger charge is -2.25. The van der Waals surface area contributed by atoms with Crippen molar-refractivity contribution in [2.24, 2.45) is 28.1 Å². The van der Waals surface area contributed by atoms with Gasteiger partial charge in [-0.15, -0.1) is 0 Å². The third-order valence-corrected chi connectivity index (χ3v) is 5.07. The average Bonchev–Trinajstić information content (AvgIpc) is 2.79.